The van der Waals surface area contributed by atoms with Gasteiger partial charge in [-0.2, -0.15) is 0 Å². The second-order valence-electron chi connectivity index (χ2n) is 8.35. The molecule has 4 rings (SSSR count). The summed E-state index contributed by atoms with van der Waals surface area (Å²) in [5, 5.41) is 31.9. The smallest absolute Gasteiger partial charge is 0.171 e. The van der Waals surface area contributed by atoms with Crippen molar-refractivity contribution in [3.05, 3.63) is 95.1 Å². The number of hydrogen-bond acceptors (Lipinski definition) is 5. The molecule has 0 amide bonds. The van der Waals surface area contributed by atoms with Gasteiger partial charge in [0.1, 0.15) is 17.2 Å². The van der Waals surface area contributed by atoms with Crippen LogP contribution >= 0.6 is 0 Å². The van der Waals surface area contributed by atoms with Gasteiger partial charge in [-0.3, -0.25) is 0 Å². The van der Waals surface area contributed by atoms with Crippen LogP contribution in [0, 0.1) is 27.7 Å². The number of anilines is 3. The van der Waals surface area contributed by atoms with Gasteiger partial charge >= 0.3 is 0 Å². The summed E-state index contributed by atoms with van der Waals surface area (Å²) < 4.78 is 6.05. The second-order valence-corrected chi connectivity index (χ2v) is 8.35. The molecule has 0 heterocycles. The highest BCUT2D eigenvalue weighted by atomic mass is 16.5. The summed E-state index contributed by atoms with van der Waals surface area (Å²) in [6, 6.07) is 21.7. The lowest BCUT2D eigenvalue weighted by atomic mass is 10.1. The van der Waals surface area contributed by atoms with E-state index in [-0.39, 0.29) is 17.2 Å². The van der Waals surface area contributed by atoms with Gasteiger partial charge in [0.15, 0.2) is 11.5 Å². The summed E-state index contributed by atoms with van der Waals surface area (Å²) in [4.78, 5) is 1.78. The fourth-order valence-electron chi connectivity index (χ4n) is 3.92. The van der Waals surface area contributed by atoms with Crippen molar-refractivity contribution in [1.82, 2.24) is 0 Å². The lowest BCUT2D eigenvalue weighted by Gasteiger charge is -2.27. The van der Waals surface area contributed by atoms with Crippen LogP contribution in [0.5, 0.6) is 28.7 Å². The highest BCUT2D eigenvalue weighted by Crippen LogP contribution is 2.45. The van der Waals surface area contributed by atoms with Crippen molar-refractivity contribution in [1.29, 1.82) is 0 Å². The van der Waals surface area contributed by atoms with E-state index < -0.39 is 0 Å². The topological polar surface area (TPSA) is 73.2 Å². The molecule has 0 aliphatic rings. The molecule has 0 saturated heterocycles. The first-order valence-corrected chi connectivity index (χ1v) is 10.7. The highest BCUT2D eigenvalue weighted by Gasteiger charge is 2.20. The monoisotopic (exact) mass is 441 g/mol. The van der Waals surface area contributed by atoms with E-state index in [0.717, 1.165) is 22.3 Å². The van der Waals surface area contributed by atoms with Crippen LogP contribution in [0.25, 0.3) is 0 Å². The van der Waals surface area contributed by atoms with Crippen molar-refractivity contribution in [3.8, 4) is 28.7 Å². The average molecular weight is 442 g/mol. The van der Waals surface area contributed by atoms with Gasteiger partial charge in [-0.25, -0.2) is 0 Å². The first-order chi connectivity index (χ1) is 15.7. The normalized spacial score (nSPS) is 10.8. The van der Waals surface area contributed by atoms with Crippen LogP contribution in [0.4, 0.5) is 17.1 Å². The first kappa shape index (κ1) is 22.1. The third-order valence-electron chi connectivity index (χ3n) is 5.44. The maximum absolute atomic E-state index is 10.7. The van der Waals surface area contributed by atoms with Gasteiger partial charge < -0.3 is 25.0 Å². The van der Waals surface area contributed by atoms with Crippen LogP contribution in [0.3, 0.4) is 0 Å². The number of phenols is 3. The van der Waals surface area contributed by atoms with E-state index >= 15 is 0 Å². The minimum absolute atomic E-state index is 0.0714. The van der Waals surface area contributed by atoms with Crippen LogP contribution < -0.4 is 9.64 Å². The molecule has 0 fully saturated rings. The molecule has 4 aromatic carbocycles. The van der Waals surface area contributed by atoms with E-state index in [4.69, 9.17) is 4.74 Å². The lowest BCUT2D eigenvalue weighted by Crippen LogP contribution is -2.10. The Hall–Kier alpha value is -4.12. The summed E-state index contributed by atoms with van der Waals surface area (Å²) in [5.74, 6) is 1.15. The minimum Gasteiger partial charge on any atom is -0.506 e. The van der Waals surface area contributed by atoms with Gasteiger partial charge in [0.25, 0.3) is 0 Å². The van der Waals surface area contributed by atoms with E-state index in [1.54, 1.807) is 35.2 Å². The second kappa shape index (κ2) is 8.79. The van der Waals surface area contributed by atoms with E-state index in [1.807, 2.05) is 70.2 Å². The van der Waals surface area contributed by atoms with Crippen molar-refractivity contribution in [3.63, 3.8) is 0 Å². The van der Waals surface area contributed by atoms with Gasteiger partial charge in [0.2, 0.25) is 0 Å². The van der Waals surface area contributed by atoms with Crippen molar-refractivity contribution < 1.29 is 20.1 Å². The van der Waals surface area contributed by atoms with Crippen LogP contribution in [0.1, 0.15) is 22.3 Å². The summed E-state index contributed by atoms with van der Waals surface area (Å²) in [7, 11) is 0. The molecule has 0 aliphatic heterocycles. The summed E-state index contributed by atoms with van der Waals surface area (Å²) >= 11 is 0. The molecule has 0 radical (unpaired) electrons. The van der Waals surface area contributed by atoms with Gasteiger partial charge in [-0.05, 0) is 92.4 Å². The third kappa shape index (κ3) is 4.58. The fraction of sp³-hybridized carbons (Fsp3) is 0.143. The third-order valence-corrected chi connectivity index (χ3v) is 5.44. The van der Waals surface area contributed by atoms with E-state index in [9.17, 15) is 15.3 Å². The van der Waals surface area contributed by atoms with Gasteiger partial charge in [0, 0.05) is 6.07 Å². The predicted octanol–water partition coefficient (Wildman–Crippen LogP) is 7.30. The number of aryl methyl sites for hydroxylation is 4. The molecule has 3 N–H and O–H groups in total. The van der Waals surface area contributed by atoms with Crippen molar-refractivity contribution in [2.75, 3.05) is 4.90 Å². The Kier molecular flexibility index (Phi) is 5.88. The highest BCUT2D eigenvalue weighted by molar-refractivity contribution is 5.83. The number of phenolic OH excluding ortho intramolecular Hbond substituents is 3. The lowest BCUT2D eigenvalue weighted by molar-refractivity contribution is 0.408. The Bertz CT molecular complexity index is 1260. The Morgan fingerprint density at radius 2 is 1.18 bits per heavy atom. The Balaban J connectivity index is 1.83. The SMILES string of the molecule is Cc1ccc(N(c2cccc(Oc3c(C)cc(C)cc3O)c2)c2ccc(C)cc2O)c(O)c1. The largest absolute Gasteiger partial charge is 0.506 e. The molecule has 0 aliphatic carbocycles. The molecule has 0 unspecified atom stereocenters. The number of nitrogens with zero attached hydrogens (tertiary/aromatic N) is 1. The Labute approximate surface area is 193 Å². The minimum atomic E-state index is 0.0714. The molecule has 0 bridgehead atoms. The van der Waals surface area contributed by atoms with Crippen LogP contribution in [-0.2, 0) is 0 Å². The van der Waals surface area contributed by atoms with Gasteiger partial charge in [-0.15, -0.1) is 0 Å². The van der Waals surface area contributed by atoms with Gasteiger partial charge in [-0.1, -0.05) is 24.3 Å². The van der Waals surface area contributed by atoms with E-state index in [0.29, 0.717) is 28.6 Å². The molecule has 4 aromatic rings. The molecule has 5 heteroatoms. The molecule has 5 nitrogen and oxygen atoms in total. The van der Waals surface area contributed by atoms with E-state index in [1.165, 1.54) is 0 Å². The molecule has 0 atom stereocenters. The van der Waals surface area contributed by atoms with Crippen molar-refractivity contribution in [2.45, 2.75) is 27.7 Å². The summed E-state index contributed by atoms with van der Waals surface area (Å²) in [6.07, 6.45) is 0. The zero-order valence-corrected chi connectivity index (χ0v) is 19.1. The number of rotatable bonds is 5. The quantitative estimate of drug-likeness (QED) is 0.303. The van der Waals surface area contributed by atoms with Gasteiger partial charge in [0.05, 0.1) is 17.1 Å². The van der Waals surface area contributed by atoms with Crippen molar-refractivity contribution >= 4 is 17.1 Å². The number of ether oxygens (including phenoxy) is 1. The summed E-state index contributed by atoms with van der Waals surface area (Å²) in [5.41, 5.74) is 5.33. The summed E-state index contributed by atoms with van der Waals surface area (Å²) in [6.45, 7) is 7.61. The maximum Gasteiger partial charge on any atom is 0.171 e. The van der Waals surface area contributed by atoms with Crippen LogP contribution in [-0.4, -0.2) is 15.3 Å². The fourth-order valence-corrected chi connectivity index (χ4v) is 3.92. The number of benzene rings is 4. The zero-order valence-electron chi connectivity index (χ0n) is 19.1. The molecular weight excluding hydrogens is 414 g/mol. The van der Waals surface area contributed by atoms with Crippen LogP contribution in [0.2, 0.25) is 0 Å². The Morgan fingerprint density at radius 1 is 0.606 bits per heavy atom. The number of aromatic hydroxyl groups is 3. The maximum atomic E-state index is 10.7. The molecule has 0 saturated carbocycles. The number of hydrogen-bond donors (Lipinski definition) is 3. The first-order valence-electron chi connectivity index (χ1n) is 10.7. The average Bonchev–Trinajstić information content (AvgIpc) is 2.74. The molecule has 33 heavy (non-hydrogen) atoms. The molecule has 168 valence electrons. The van der Waals surface area contributed by atoms with Crippen molar-refractivity contribution in [2.24, 2.45) is 0 Å². The Morgan fingerprint density at radius 3 is 1.73 bits per heavy atom. The molecule has 0 spiro atoms. The molecular formula is C28H27NO4. The zero-order chi connectivity index (χ0) is 23.7. The predicted molar refractivity (Wildman–Crippen MR) is 132 cm³/mol. The van der Waals surface area contributed by atoms with Crippen LogP contribution in [0.15, 0.2) is 72.8 Å². The molecule has 0 aromatic heterocycles. The van der Waals surface area contributed by atoms with E-state index in [2.05, 4.69) is 0 Å². The standard InChI is InChI=1S/C28H27NO4/c1-17-8-10-23(25(30)13-17)29(24-11-9-18(2)14-26(24)31)21-6-5-7-22(16-21)33-28-20(4)12-19(3)15-27(28)32/h5-16,30-32H,1-4H3.